The van der Waals surface area contributed by atoms with Gasteiger partial charge in [0.2, 0.25) is 0 Å². The summed E-state index contributed by atoms with van der Waals surface area (Å²) in [6.45, 7) is 0. The Morgan fingerprint density at radius 2 is 1.64 bits per heavy atom. The highest BCUT2D eigenvalue weighted by atomic mass is 16.5. The molecule has 0 fully saturated rings. The number of H-pyrrole nitrogens is 1. The fourth-order valence-electron chi connectivity index (χ4n) is 3.16. The number of carbonyl (C=O) groups is 1. The van der Waals surface area contributed by atoms with Crippen LogP contribution in [0, 0.1) is 0 Å². The van der Waals surface area contributed by atoms with Crippen molar-refractivity contribution in [2.75, 3.05) is 7.11 Å². The Bertz CT molecular complexity index is 1160. The molecule has 0 bridgehead atoms. The molecule has 1 N–H and O–H groups in total. The summed E-state index contributed by atoms with van der Waals surface area (Å²) in [6.07, 6.45) is 0. The third kappa shape index (κ3) is 2.39. The molecule has 0 saturated carbocycles. The van der Waals surface area contributed by atoms with Crippen LogP contribution in [0.2, 0.25) is 0 Å². The van der Waals surface area contributed by atoms with E-state index in [0.717, 1.165) is 10.9 Å². The number of carbonyl (C=O) groups excluding carboxylic acids is 1. The molecule has 4 heteroatoms. The SMILES string of the molecule is COC(=O)c1c(-c2ccccc2)[nH]c2ccc3ccccc3c(=O)c12. The Morgan fingerprint density at radius 3 is 2.40 bits per heavy atom. The van der Waals surface area contributed by atoms with Gasteiger partial charge in [-0.25, -0.2) is 4.79 Å². The molecular formula is C21H15NO3. The molecule has 0 aliphatic heterocycles. The van der Waals surface area contributed by atoms with Gasteiger partial charge in [0.05, 0.1) is 29.3 Å². The van der Waals surface area contributed by atoms with Crippen molar-refractivity contribution in [1.29, 1.82) is 0 Å². The summed E-state index contributed by atoms with van der Waals surface area (Å²) >= 11 is 0. The molecule has 122 valence electrons. The first-order valence-corrected chi connectivity index (χ1v) is 7.92. The number of nitrogens with one attached hydrogen (secondary N) is 1. The van der Waals surface area contributed by atoms with Crippen LogP contribution in [0.1, 0.15) is 10.4 Å². The maximum atomic E-state index is 13.1. The van der Waals surface area contributed by atoms with Crippen molar-refractivity contribution in [3.8, 4) is 11.3 Å². The highest BCUT2D eigenvalue weighted by Gasteiger charge is 2.22. The number of esters is 1. The molecule has 0 aliphatic rings. The van der Waals surface area contributed by atoms with Crippen LogP contribution in [0.5, 0.6) is 0 Å². The fourth-order valence-corrected chi connectivity index (χ4v) is 3.16. The molecule has 4 rings (SSSR count). The first-order chi connectivity index (χ1) is 12.2. The van der Waals surface area contributed by atoms with E-state index in [1.165, 1.54) is 7.11 Å². The quantitative estimate of drug-likeness (QED) is 0.562. The van der Waals surface area contributed by atoms with Crippen molar-refractivity contribution in [2.45, 2.75) is 0 Å². The van der Waals surface area contributed by atoms with Crippen molar-refractivity contribution in [1.82, 2.24) is 4.98 Å². The number of hydrogen-bond acceptors (Lipinski definition) is 3. The van der Waals surface area contributed by atoms with Gasteiger partial charge >= 0.3 is 5.97 Å². The number of methoxy groups -OCH3 is 1. The first kappa shape index (κ1) is 15.1. The van der Waals surface area contributed by atoms with E-state index < -0.39 is 5.97 Å². The zero-order valence-corrected chi connectivity index (χ0v) is 13.6. The van der Waals surface area contributed by atoms with Crippen LogP contribution in [0.3, 0.4) is 0 Å². The third-order valence-corrected chi connectivity index (χ3v) is 4.34. The Labute approximate surface area is 143 Å². The summed E-state index contributed by atoms with van der Waals surface area (Å²) in [7, 11) is 1.32. The minimum Gasteiger partial charge on any atom is -0.465 e. The molecule has 3 aromatic carbocycles. The molecule has 0 aliphatic carbocycles. The van der Waals surface area contributed by atoms with E-state index in [2.05, 4.69) is 4.98 Å². The Morgan fingerprint density at radius 1 is 0.920 bits per heavy atom. The fraction of sp³-hybridized carbons (Fsp3) is 0.0476. The lowest BCUT2D eigenvalue weighted by atomic mass is 10.0. The number of benzene rings is 2. The molecular weight excluding hydrogens is 314 g/mol. The highest BCUT2D eigenvalue weighted by molar-refractivity contribution is 6.11. The lowest BCUT2D eigenvalue weighted by Gasteiger charge is -2.03. The highest BCUT2D eigenvalue weighted by Crippen LogP contribution is 2.29. The van der Waals surface area contributed by atoms with E-state index in [-0.39, 0.29) is 11.0 Å². The maximum absolute atomic E-state index is 13.1. The number of aromatic nitrogens is 1. The van der Waals surface area contributed by atoms with E-state index in [1.54, 1.807) is 6.07 Å². The van der Waals surface area contributed by atoms with Crippen LogP contribution in [-0.2, 0) is 4.74 Å². The molecule has 4 aromatic rings. The number of hydrogen-bond donors (Lipinski definition) is 1. The molecule has 0 amide bonds. The van der Waals surface area contributed by atoms with Gasteiger partial charge in [0.25, 0.3) is 0 Å². The molecule has 0 atom stereocenters. The van der Waals surface area contributed by atoms with Crippen LogP contribution in [0.4, 0.5) is 0 Å². The predicted octanol–water partition coefficient (Wildman–Crippen LogP) is 4.13. The summed E-state index contributed by atoms with van der Waals surface area (Å²) in [5.41, 5.74) is 2.12. The van der Waals surface area contributed by atoms with Gasteiger partial charge in [-0.15, -0.1) is 0 Å². The minimum absolute atomic E-state index is 0.186. The zero-order valence-electron chi connectivity index (χ0n) is 13.6. The largest absolute Gasteiger partial charge is 0.465 e. The van der Waals surface area contributed by atoms with Crippen molar-refractivity contribution in [2.24, 2.45) is 0 Å². The van der Waals surface area contributed by atoms with Crippen molar-refractivity contribution >= 4 is 27.6 Å². The molecule has 1 heterocycles. The van der Waals surface area contributed by atoms with Gasteiger partial charge in [0, 0.05) is 5.39 Å². The number of aromatic amines is 1. The van der Waals surface area contributed by atoms with Gasteiger partial charge in [-0.3, -0.25) is 4.79 Å². The Hall–Kier alpha value is -3.40. The monoisotopic (exact) mass is 329 g/mol. The van der Waals surface area contributed by atoms with Crippen LogP contribution in [-0.4, -0.2) is 18.1 Å². The normalized spacial score (nSPS) is 10.9. The van der Waals surface area contributed by atoms with Crippen molar-refractivity contribution in [3.63, 3.8) is 0 Å². The van der Waals surface area contributed by atoms with Gasteiger partial charge in [0.15, 0.2) is 5.43 Å². The summed E-state index contributed by atoms with van der Waals surface area (Å²) in [5, 5.41) is 1.75. The molecule has 1 aromatic heterocycles. The lowest BCUT2D eigenvalue weighted by Crippen LogP contribution is -2.07. The Balaban J connectivity index is 2.20. The van der Waals surface area contributed by atoms with E-state index >= 15 is 0 Å². The van der Waals surface area contributed by atoms with Crippen molar-refractivity contribution < 1.29 is 9.53 Å². The van der Waals surface area contributed by atoms with Crippen LogP contribution < -0.4 is 5.43 Å². The van der Waals surface area contributed by atoms with Crippen LogP contribution in [0.25, 0.3) is 32.9 Å². The molecule has 0 radical (unpaired) electrons. The summed E-state index contributed by atoms with van der Waals surface area (Å²) in [5.74, 6) is -0.530. The third-order valence-electron chi connectivity index (χ3n) is 4.34. The molecule has 25 heavy (non-hydrogen) atoms. The Kier molecular flexibility index (Phi) is 3.58. The van der Waals surface area contributed by atoms with Gasteiger partial charge in [-0.05, 0) is 17.0 Å². The second-order valence-corrected chi connectivity index (χ2v) is 5.77. The van der Waals surface area contributed by atoms with Gasteiger partial charge in [-0.2, -0.15) is 0 Å². The summed E-state index contributed by atoms with van der Waals surface area (Å²) in [6, 6.07) is 20.5. The van der Waals surface area contributed by atoms with E-state index in [4.69, 9.17) is 4.74 Å². The number of ether oxygens (including phenoxy) is 1. The molecule has 0 saturated heterocycles. The second kappa shape index (κ2) is 5.91. The lowest BCUT2D eigenvalue weighted by molar-refractivity contribution is 0.0604. The average molecular weight is 329 g/mol. The van der Waals surface area contributed by atoms with Crippen LogP contribution >= 0.6 is 0 Å². The smallest absolute Gasteiger partial charge is 0.340 e. The molecule has 0 unspecified atom stereocenters. The molecule has 4 nitrogen and oxygen atoms in total. The van der Waals surface area contributed by atoms with E-state index in [0.29, 0.717) is 22.0 Å². The summed E-state index contributed by atoms with van der Waals surface area (Å²) < 4.78 is 4.96. The van der Waals surface area contributed by atoms with Gasteiger partial charge < -0.3 is 9.72 Å². The second-order valence-electron chi connectivity index (χ2n) is 5.77. The van der Waals surface area contributed by atoms with Gasteiger partial charge in [0.1, 0.15) is 0 Å². The predicted molar refractivity (Wildman–Crippen MR) is 98.9 cm³/mol. The average Bonchev–Trinajstić information content (AvgIpc) is 2.99. The van der Waals surface area contributed by atoms with Crippen LogP contribution in [0.15, 0.2) is 71.5 Å². The summed E-state index contributed by atoms with van der Waals surface area (Å²) in [4.78, 5) is 28.9. The zero-order chi connectivity index (χ0) is 17.4. The standard InChI is InChI=1S/C21H15NO3/c1-25-21(24)18-17-16(22-19(18)14-8-3-2-4-9-14)12-11-13-7-5-6-10-15(13)20(17)23/h2-12,22H,1H3. The van der Waals surface area contributed by atoms with E-state index in [1.807, 2.05) is 60.7 Å². The van der Waals surface area contributed by atoms with Gasteiger partial charge in [-0.1, -0.05) is 60.7 Å². The first-order valence-electron chi connectivity index (χ1n) is 7.92. The number of rotatable bonds is 2. The minimum atomic E-state index is -0.530. The number of fused-ring (bicyclic) bond motifs is 2. The maximum Gasteiger partial charge on any atom is 0.340 e. The van der Waals surface area contributed by atoms with E-state index in [9.17, 15) is 9.59 Å². The molecule has 0 spiro atoms. The topological polar surface area (TPSA) is 59.2 Å². The van der Waals surface area contributed by atoms with Crippen molar-refractivity contribution in [3.05, 3.63) is 82.5 Å².